The number of para-hydroxylation sites is 1. The highest BCUT2D eigenvalue weighted by Crippen LogP contribution is 2.24. The molecule has 1 N–H and O–H groups in total. The third-order valence-corrected chi connectivity index (χ3v) is 4.67. The van der Waals surface area contributed by atoms with Crippen LogP contribution < -0.4 is 15.9 Å². The molecular weight excluding hydrogens is 372 g/mol. The van der Waals surface area contributed by atoms with Crippen LogP contribution in [-0.2, 0) is 0 Å². The van der Waals surface area contributed by atoms with E-state index >= 15 is 0 Å². The number of nitrogens with zero attached hydrogens (tertiary/aromatic N) is 3. The molecule has 0 amide bonds. The van der Waals surface area contributed by atoms with Crippen molar-refractivity contribution in [3.8, 4) is 28.4 Å². The second kappa shape index (κ2) is 6.45. The van der Waals surface area contributed by atoms with E-state index in [1.54, 1.807) is 43.5 Å². The lowest BCUT2D eigenvalue weighted by atomic mass is 10.1. The number of nitrogens with one attached hydrogen (secondary N) is 1. The molecule has 8 nitrogen and oxygen atoms in total. The van der Waals surface area contributed by atoms with Gasteiger partial charge >= 0.3 is 5.63 Å². The van der Waals surface area contributed by atoms with Gasteiger partial charge in [0.25, 0.3) is 5.56 Å². The highest BCUT2D eigenvalue weighted by Gasteiger charge is 2.17. The van der Waals surface area contributed by atoms with E-state index in [9.17, 15) is 9.59 Å². The summed E-state index contributed by atoms with van der Waals surface area (Å²) in [5, 5.41) is 11.7. The number of hydrogen-bond donors (Lipinski definition) is 1. The van der Waals surface area contributed by atoms with Gasteiger partial charge in [-0.15, -0.1) is 0 Å². The van der Waals surface area contributed by atoms with E-state index in [1.807, 2.05) is 24.3 Å². The largest absolute Gasteiger partial charge is 0.497 e. The van der Waals surface area contributed by atoms with Crippen molar-refractivity contribution in [1.82, 2.24) is 19.8 Å². The standard InChI is InChI=1S/C21H14N4O4/c1-28-14-8-6-12(7-9-14)16-11-17-20(26)23-22-19(25(17)24-16)15-10-13-4-2-3-5-18(13)29-21(15)27/h2-11H,1H3,(H,23,26). The summed E-state index contributed by atoms with van der Waals surface area (Å²) in [6, 6.07) is 17.8. The van der Waals surface area contributed by atoms with Crippen molar-refractivity contribution < 1.29 is 9.15 Å². The molecule has 0 atom stereocenters. The number of ether oxygens (including phenoxy) is 1. The van der Waals surface area contributed by atoms with Crippen LogP contribution in [0.5, 0.6) is 5.75 Å². The first kappa shape index (κ1) is 16.9. The Morgan fingerprint density at radius 2 is 1.83 bits per heavy atom. The number of methoxy groups -OCH3 is 1. The summed E-state index contributed by atoms with van der Waals surface area (Å²) in [6.45, 7) is 0. The van der Waals surface area contributed by atoms with Crippen LogP contribution in [0.25, 0.3) is 39.1 Å². The van der Waals surface area contributed by atoms with Crippen molar-refractivity contribution in [1.29, 1.82) is 0 Å². The summed E-state index contributed by atoms with van der Waals surface area (Å²) >= 11 is 0. The molecule has 0 fully saturated rings. The zero-order valence-electron chi connectivity index (χ0n) is 15.2. The maximum absolute atomic E-state index is 12.6. The van der Waals surface area contributed by atoms with Gasteiger partial charge in [-0.05, 0) is 42.5 Å². The van der Waals surface area contributed by atoms with E-state index in [2.05, 4.69) is 15.3 Å². The van der Waals surface area contributed by atoms with Crippen LogP contribution in [0.3, 0.4) is 0 Å². The van der Waals surface area contributed by atoms with Crippen molar-refractivity contribution in [2.45, 2.75) is 0 Å². The van der Waals surface area contributed by atoms with E-state index in [0.717, 1.165) is 10.9 Å². The Morgan fingerprint density at radius 1 is 1.03 bits per heavy atom. The molecule has 142 valence electrons. The average Bonchev–Trinajstić information content (AvgIpc) is 3.20. The molecule has 0 unspecified atom stereocenters. The summed E-state index contributed by atoms with van der Waals surface area (Å²) in [4.78, 5) is 24.9. The molecule has 0 aliphatic carbocycles. The van der Waals surface area contributed by atoms with Crippen molar-refractivity contribution >= 4 is 16.5 Å². The number of hydrogen-bond acceptors (Lipinski definition) is 6. The minimum atomic E-state index is -0.564. The van der Waals surface area contributed by atoms with E-state index < -0.39 is 11.2 Å². The molecule has 3 aromatic heterocycles. The molecule has 5 rings (SSSR count). The first-order valence-electron chi connectivity index (χ1n) is 8.80. The van der Waals surface area contributed by atoms with Crippen LogP contribution in [0.1, 0.15) is 0 Å². The normalized spacial score (nSPS) is 11.2. The fourth-order valence-corrected chi connectivity index (χ4v) is 3.21. The van der Waals surface area contributed by atoms with Gasteiger partial charge in [0.2, 0.25) is 0 Å². The molecule has 0 aliphatic rings. The first-order valence-corrected chi connectivity index (χ1v) is 8.80. The Balaban J connectivity index is 1.74. The molecule has 0 radical (unpaired) electrons. The summed E-state index contributed by atoms with van der Waals surface area (Å²) in [7, 11) is 1.59. The second-order valence-corrected chi connectivity index (χ2v) is 6.42. The van der Waals surface area contributed by atoms with E-state index in [4.69, 9.17) is 9.15 Å². The fraction of sp³-hybridized carbons (Fsp3) is 0.0476. The van der Waals surface area contributed by atoms with E-state index in [1.165, 1.54) is 4.52 Å². The van der Waals surface area contributed by atoms with Gasteiger partial charge in [-0.1, -0.05) is 18.2 Å². The number of fused-ring (bicyclic) bond motifs is 2. The van der Waals surface area contributed by atoms with Crippen molar-refractivity contribution in [3.63, 3.8) is 0 Å². The summed E-state index contributed by atoms with van der Waals surface area (Å²) in [5.41, 5.74) is 1.34. The quantitative estimate of drug-likeness (QED) is 0.478. The monoisotopic (exact) mass is 386 g/mol. The molecular formula is C21H14N4O4. The third-order valence-electron chi connectivity index (χ3n) is 4.67. The Morgan fingerprint density at radius 3 is 2.62 bits per heavy atom. The summed E-state index contributed by atoms with van der Waals surface area (Å²) in [5.74, 6) is 0.908. The maximum atomic E-state index is 12.6. The van der Waals surface area contributed by atoms with E-state index in [0.29, 0.717) is 17.0 Å². The second-order valence-electron chi connectivity index (χ2n) is 6.42. The number of aromatic amines is 1. The Bertz CT molecular complexity index is 1480. The minimum absolute atomic E-state index is 0.193. The zero-order chi connectivity index (χ0) is 20.0. The first-order chi connectivity index (χ1) is 14.1. The molecule has 0 saturated heterocycles. The minimum Gasteiger partial charge on any atom is -0.497 e. The van der Waals surface area contributed by atoms with Crippen LogP contribution in [0.4, 0.5) is 0 Å². The molecule has 8 heteroatoms. The highest BCUT2D eigenvalue weighted by molar-refractivity contribution is 5.80. The van der Waals surface area contributed by atoms with Crippen molar-refractivity contribution in [3.05, 3.63) is 81.4 Å². The van der Waals surface area contributed by atoms with Gasteiger partial charge in [0.1, 0.15) is 22.4 Å². The molecule has 3 heterocycles. The smallest absolute Gasteiger partial charge is 0.347 e. The number of H-pyrrole nitrogens is 1. The van der Waals surface area contributed by atoms with Gasteiger partial charge in [-0.3, -0.25) is 4.79 Å². The zero-order valence-corrected chi connectivity index (χ0v) is 15.2. The summed E-state index contributed by atoms with van der Waals surface area (Å²) in [6.07, 6.45) is 0. The maximum Gasteiger partial charge on any atom is 0.347 e. The lowest BCUT2D eigenvalue weighted by molar-refractivity contribution is 0.415. The molecule has 29 heavy (non-hydrogen) atoms. The molecule has 0 spiro atoms. The third kappa shape index (κ3) is 2.78. The fourth-order valence-electron chi connectivity index (χ4n) is 3.21. The number of benzene rings is 2. The average molecular weight is 386 g/mol. The van der Waals surface area contributed by atoms with Gasteiger partial charge in [0.05, 0.1) is 12.8 Å². The Labute approximate surface area is 163 Å². The molecule has 0 bridgehead atoms. The lowest BCUT2D eigenvalue weighted by Crippen LogP contribution is -2.17. The van der Waals surface area contributed by atoms with Gasteiger partial charge < -0.3 is 9.15 Å². The topological polar surface area (TPSA) is 102 Å². The SMILES string of the molecule is COc1ccc(-c2cc3c(=O)[nH]nc(-c4cc5ccccc5oc4=O)n3n2)cc1. The van der Waals surface area contributed by atoms with Gasteiger partial charge in [0, 0.05) is 10.9 Å². The van der Waals surface area contributed by atoms with E-state index in [-0.39, 0.29) is 16.9 Å². The van der Waals surface area contributed by atoms with Crippen LogP contribution in [0, 0.1) is 0 Å². The van der Waals surface area contributed by atoms with Gasteiger partial charge in [-0.2, -0.15) is 10.2 Å². The molecule has 5 aromatic rings. The van der Waals surface area contributed by atoms with Crippen molar-refractivity contribution in [2.75, 3.05) is 7.11 Å². The highest BCUT2D eigenvalue weighted by atomic mass is 16.5. The van der Waals surface area contributed by atoms with Gasteiger partial charge in [0.15, 0.2) is 5.82 Å². The van der Waals surface area contributed by atoms with Crippen LogP contribution in [0.2, 0.25) is 0 Å². The predicted molar refractivity (Wildman–Crippen MR) is 107 cm³/mol. The van der Waals surface area contributed by atoms with Crippen molar-refractivity contribution in [2.24, 2.45) is 0 Å². The number of rotatable bonds is 3. The number of aromatic nitrogens is 4. The molecule has 2 aromatic carbocycles. The van der Waals surface area contributed by atoms with Crippen LogP contribution in [0.15, 0.2) is 74.7 Å². The van der Waals surface area contributed by atoms with Gasteiger partial charge in [-0.25, -0.2) is 14.4 Å². The van der Waals surface area contributed by atoms with Crippen LogP contribution in [-0.4, -0.2) is 26.9 Å². The molecule has 0 saturated carbocycles. The summed E-state index contributed by atoms with van der Waals surface area (Å²) < 4.78 is 11.9. The lowest BCUT2D eigenvalue weighted by Gasteiger charge is -2.03. The molecule has 0 aliphatic heterocycles. The Kier molecular flexibility index (Phi) is 3.77. The Hall–Kier alpha value is -4.20. The van der Waals surface area contributed by atoms with Crippen LogP contribution >= 0.6 is 0 Å². The predicted octanol–water partition coefficient (Wildman–Crippen LogP) is 2.87.